The molecule has 0 aromatic heterocycles. The quantitative estimate of drug-likeness (QED) is 0.663. The van der Waals surface area contributed by atoms with Gasteiger partial charge in [-0.05, 0) is 18.6 Å². The Morgan fingerprint density at radius 3 is 2.80 bits per heavy atom. The van der Waals surface area contributed by atoms with Gasteiger partial charge < -0.3 is 10.4 Å². The first-order valence-electron chi connectivity index (χ1n) is 5.94. The zero-order valence-electron chi connectivity index (χ0n) is 10.8. The third kappa shape index (κ3) is 2.85. The highest BCUT2D eigenvalue weighted by Crippen LogP contribution is 2.27. The molecule has 0 fully saturated rings. The van der Waals surface area contributed by atoms with E-state index >= 15 is 0 Å². The Morgan fingerprint density at radius 2 is 2.10 bits per heavy atom. The number of nitrogens with one attached hydrogen (secondary N) is 1. The van der Waals surface area contributed by atoms with E-state index in [0.29, 0.717) is 11.1 Å². The lowest BCUT2D eigenvalue weighted by atomic mass is 10.1. The second-order valence-electron chi connectivity index (χ2n) is 4.35. The molecule has 0 spiro atoms. The fraction of sp³-hybridized carbons (Fsp3) is 0.143. The average Bonchev–Trinajstić information content (AvgIpc) is 2.40. The van der Waals surface area contributed by atoms with Gasteiger partial charge in [0.05, 0.1) is 4.92 Å². The fourth-order valence-electron chi connectivity index (χ4n) is 1.86. The first-order chi connectivity index (χ1) is 9.49. The van der Waals surface area contributed by atoms with Gasteiger partial charge in [0, 0.05) is 24.2 Å². The van der Waals surface area contributed by atoms with Crippen LogP contribution in [0, 0.1) is 22.9 Å². The number of anilines is 1. The summed E-state index contributed by atoms with van der Waals surface area (Å²) in [5.74, 6) is -0.439. The lowest BCUT2D eigenvalue weighted by Crippen LogP contribution is -2.03. The average molecular weight is 276 g/mol. The minimum Gasteiger partial charge on any atom is -0.507 e. The van der Waals surface area contributed by atoms with Crippen LogP contribution >= 0.6 is 0 Å². The minimum absolute atomic E-state index is 0.0795. The highest BCUT2D eigenvalue weighted by atomic mass is 19.1. The van der Waals surface area contributed by atoms with Gasteiger partial charge in [0.2, 0.25) is 0 Å². The molecule has 5 nitrogen and oxygen atoms in total. The van der Waals surface area contributed by atoms with E-state index < -0.39 is 10.7 Å². The molecule has 0 saturated heterocycles. The van der Waals surface area contributed by atoms with Crippen molar-refractivity contribution in [2.75, 3.05) is 5.32 Å². The smallest absolute Gasteiger partial charge is 0.292 e. The lowest BCUT2D eigenvalue weighted by molar-refractivity contribution is -0.384. The van der Waals surface area contributed by atoms with Gasteiger partial charge in [-0.1, -0.05) is 18.2 Å². The number of nitrogens with zero attached hydrogens (tertiary/aromatic N) is 1. The Bertz CT molecular complexity index is 659. The monoisotopic (exact) mass is 276 g/mol. The topological polar surface area (TPSA) is 75.4 Å². The summed E-state index contributed by atoms with van der Waals surface area (Å²) in [4.78, 5) is 10.3. The first kappa shape index (κ1) is 13.8. The standard InChI is InChI=1S/C14H13FN2O3/c1-9-3-2-4-10(14(9)18)8-16-12-7-11(15)5-6-13(12)17(19)20/h2-7,16,18H,8H2,1H3. The Morgan fingerprint density at radius 1 is 1.35 bits per heavy atom. The van der Waals surface area contributed by atoms with Crippen LogP contribution in [-0.4, -0.2) is 10.0 Å². The van der Waals surface area contributed by atoms with E-state index in [4.69, 9.17) is 0 Å². The van der Waals surface area contributed by atoms with Crippen molar-refractivity contribution in [1.82, 2.24) is 0 Å². The molecule has 2 rings (SSSR count). The van der Waals surface area contributed by atoms with Gasteiger partial charge in [0.15, 0.2) is 0 Å². The van der Waals surface area contributed by atoms with Gasteiger partial charge in [-0.3, -0.25) is 10.1 Å². The number of hydrogen-bond donors (Lipinski definition) is 2. The van der Waals surface area contributed by atoms with E-state index in [2.05, 4.69) is 5.32 Å². The van der Waals surface area contributed by atoms with Gasteiger partial charge in [-0.2, -0.15) is 0 Å². The number of aryl methyl sites for hydroxylation is 1. The highest BCUT2D eigenvalue weighted by molar-refractivity contribution is 5.61. The summed E-state index contributed by atoms with van der Waals surface area (Å²) in [5.41, 5.74) is 1.16. The number of nitro groups is 1. The van der Waals surface area contributed by atoms with E-state index in [1.54, 1.807) is 25.1 Å². The van der Waals surface area contributed by atoms with Crippen molar-refractivity contribution in [3.05, 3.63) is 63.5 Å². The minimum atomic E-state index is -0.585. The maximum absolute atomic E-state index is 13.2. The Kier molecular flexibility index (Phi) is 3.84. The predicted octanol–water partition coefficient (Wildman–Crippen LogP) is 3.36. The molecule has 6 heteroatoms. The molecule has 0 aliphatic rings. The number of hydrogen-bond acceptors (Lipinski definition) is 4. The van der Waals surface area contributed by atoms with E-state index in [9.17, 15) is 19.6 Å². The van der Waals surface area contributed by atoms with Crippen LogP contribution in [0.3, 0.4) is 0 Å². The number of aromatic hydroxyl groups is 1. The second-order valence-corrected chi connectivity index (χ2v) is 4.35. The molecule has 0 aliphatic heterocycles. The van der Waals surface area contributed by atoms with Crippen molar-refractivity contribution >= 4 is 11.4 Å². The zero-order chi connectivity index (χ0) is 14.7. The summed E-state index contributed by atoms with van der Waals surface area (Å²) in [7, 11) is 0. The zero-order valence-corrected chi connectivity index (χ0v) is 10.8. The number of para-hydroxylation sites is 1. The molecule has 2 aromatic rings. The second kappa shape index (κ2) is 5.56. The van der Waals surface area contributed by atoms with Crippen LogP contribution in [0.15, 0.2) is 36.4 Å². The summed E-state index contributed by atoms with van der Waals surface area (Å²) >= 11 is 0. The summed E-state index contributed by atoms with van der Waals surface area (Å²) in [5, 5.41) is 23.5. The summed E-state index contributed by atoms with van der Waals surface area (Å²) < 4.78 is 13.2. The third-order valence-electron chi connectivity index (χ3n) is 2.95. The lowest BCUT2D eigenvalue weighted by Gasteiger charge is -2.10. The molecule has 0 atom stereocenters. The molecule has 0 aliphatic carbocycles. The van der Waals surface area contributed by atoms with Crippen molar-refractivity contribution < 1.29 is 14.4 Å². The number of halogens is 1. The predicted molar refractivity (Wildman–Crippen MR) is 73.2 cm³/mol. The molecular weight excluding hydrogens is 263 g/mol. The van der Waals surface area contributed by atoms with Crippen LogP contribution in [0.2, 0.25) is 0 Å². The number of phenolic OH excluding ortho intramolecular Hbond substituents is 1. The molecule has 0 radical (unpaired) electrons. The maximum atomic E-state index is 13.2. The van der Waals surface area contributed by atoms with E-state index in [1.807, 2.05) is 0 Å². The Labute approximate surface area is 114 Å². The summed E-state index contributed by atoms with van der Waals surface area (Å²) in [6.45, 7) is 1.92. The Hall–Kier alpha value is -2.63. The highest BCUT2D eigenvalue weighted by Gasteiger charge is 2.14. The summed E-state index contributed by atoms with van der Waals surface area (Å²) in [6.07, 6.45) is 0. The molecule has 0 amide bonds. The van der Waals surface area contributed by atoms with Crippen molar-refractivity contribution in [3.63, 3.8) is 0 Å². The van der Waals surface area contributed by atoms with E-state index in [-0.39, 0.29) is 23.7 Å². The van der Waals surface area contributed by atoms with Crippen LogP contribution in [0.4, 0.5) is 15.8 Å². The van der Waals surface area contributed by atoms with Gasteiger partial charge in [0.1, 0.15) is 17.3 Å². The van der Waals surface area contributed by atoms with Crippen LogP contribution in [0.1, 0.15) is 11.1 Å². The van der Waals surface area contributed by atoms with Crippen LogP contribution in [0.25, 0.3) is 0 Å². The van der Waals surface area contributed by atoms with Gasteiger partial charge >= 0.3 is 0 Å². The van der Waals surface area contributed by atoms with Crippen LogP contribution in [-0.2, 0) is 6.54 Å². The first-order valence-corrected chi connectivity index (χ1v) is 5.94. The maximum Gasteiger partial charge on any atom is 0.292 e. The molecule has 2 aromatic carbocycles. The number of benzene rings is 2. The van der Waals surface area contributed by atoms with Crippen LogP contribution in [0.5, 0.6) is 5.75 Å². The molecule has 0 unspecified atom stereocenters. The Balaban J connectivity index is 2.24. The van der Waals surface area contributed by atoms with Crippen molar-refractivity contribution in [2.45, 2.75) is 13.5 Å². The number of phenols is 1. The van der Waals surface area contributed by atoms with Crippen molar-refractivity contribution in [2.24, 2.45) is 0 Å². The normalized spacial score (nSPS) is 10.3. The fourth-order valence-corrected chi connectivity index (χ4v) is 1.86. The molecule has 0 bridgehead atoms. The van der Waals surface area contributed by atoms with Gasteiger partial charge in [0.25, 0.3) is 5.69 Å². The molecular formula is C14H13FN2O3. The van der Waals surface area contributed by atoms with Crippen LogP contribution < -0.4 is 5.32 Å². The molecule has 2 N–H and O–H groups in total. The largest absolute Gasteiger partial charge is 0.507 e. The molecule has 20 heavy (non-hydrogen) atoms. The van der Waals surface area contributed by atoms with Crippen molar-refractivity contribution in [3.8, 4) is 5.75 Å². The SMILES string of the molecule is Cc1cccc(CNc2cc(F)ccc2[N+](=O)[O-])c1O. The number of nitro benzene ring substituents is 1. The van der Waals surface area contributed by atoms with Gasteiger partial charge in [-0.25, -0.2) is 4.39 Å². The molecule has 0 saturated carbocycles. The van der Waals surface area contributed by atoms with E-state index in [0.717, 1.165) is 18.2 Å². The summed E-state index contributed by atoms with van der Waals surface area (Å²) in [6, 6.07) is 8.42. The van der Waals surface area contributed by atoms with Gasteiger partial charge in [-0.15, -0.1) is 0 Å². The molecule has 104 valence electrons. The van der Waals surface area contributed by atoms with E-state index in [1.165, 1.54) is 0 Å². The molecule has 0 heterocycles. The number of rotatable bonds is 4. The van der Waals surface area contributed by atoms with Crippen molar-refractivity contribution in [1.29, 1.82) is 0 Å². The third-order valence-corrected chi connectivity index (χ3v) is 2.95.